The lowest BCUT2D eigenvalue weighted by Crippen LogP contribution is -2.52. The SMILES string of the molecule is O=C(O)C1COCCN1C(=O)c1cc2cccc([N+](=O)[O-])c2[nH]1. The van der Waals surface area contributed by atoms with Crippen molar-refractivity contribution in [1.82, 2.24) is 9.88 Å². The number of rotatable bonds is 3. The van der Waals surface area contributed by atoms with Gasteiger partial charge in [0.15, 0.2) is 6.04 Å². The first kappa shape index (κ1) is 15.0. The molecule has 23 heavy (non-hydrogen) atoms. The van der Waals surface area contributed by atoms with E-state index in [1.54, 1.807) is 6.07 Å². The minimum atomic E-state index is -1.15. The number of nitrogens with one attached hydrogen (secondary N) is 1. The normalized spacial score (nSPS) is 18.1. The van der Waals surface area contributed by atoms with Gasteiger partial charge in [-0.1, -0.05) is 12.1 Å². The van der Waals surface area contributed by atoms with Crippen LogP contribution in [0.4, 0.5) is 5.69 Å². The number of ether oxygens (including phenoxy) is 1. The molecule has 1 saturated heterocycles. The van der Waals surface area contributed by atoms with Crippen LogP contribution in [-0.4, -0.2) is 57.6 Å². The Hall–Kier alpha value is -2.94. The quantitative estimate of drug-likeness (QED) is 0.642. The van der Waals surface area contributed by atoms with Crippen molar-refractivity contribution >= 4 is 28.5 Å². The molecule has 1 unspecified atom stereocenters. The molecule has 0 radical (unpaired) electrons. The summed E-state index contributed by atoms with van der Waals surface area (Å²) in [7, 11) is 0. The van der Waals surface area contributed by atoms with Gasteiger partial charge >= 0.3 is 5.97 Å². The minimum absolute atomic E-state index is 0.0819. The van der Waals surface area contributed by atoms with Crippen molar-refractivity contribution in [1.29, 1.82) is 0 Å². The van der Waals surface area contributed by atoms with E-state index in [0.29, 0.717) is 5.39 Å². The number of carboxylic acids is 1. The lowest BCUT2D eigenvalue weighted by Gasteiger charge is -2.32. The first-order chi connectivity index (χ1) is 11.0. The van der Waals surface area contributed by atoms with E-state index in [1.807, 2.05) is 0 Å². The van der Waals surface area contributed by atoms with Crippen molar-refractivity contribution in [2.24, 2.45) is 0 Å². The monoisotopic (exact) mass is 319 g/mol. The van der Waals surface area contributed by atoms with Crippen LogP contribution in [0, 0.1) is 10.1 Å². The summed E-state index contributed by atoms with van der Waals surface area (Å²) in [5.41, 5.74) is 0.210. The maximum Gasteiger partial charge on any atom is 0.328 e. The molecule has 2 heterocycles. The third-order valence-electron chi connectivity index (χ3n) is 3.74. The summed E-state index contributed by atoms with van der Waals surface area (Å²) < 4.78 is 5.09. The molecule has 2 aromatic rings. The highest BCUT2D eigenvalue weighted by atomic mass is 16.6. The number of nitro benzene ring substituents is 1. The van der Waals surface area contributed by atoms with Crippen LogP contribution in [0.15, 0.2) is 24.3 Å². The zero-order valence-electron chi connectivity index (χ0n) is 11.9. The highest BCUT2D eigenvalue weighted by molar-refractivity contribution is 6.01. The third-order valence-corrected chi connectivity index (χ3v) is 3.74. The van der Waals surface area contributed by atoms with E-state index in [4.69, 9.17) is 4.74 Å². The number of benzene rings is 1. The topological polar surface area (TPSA) is 126 Å². The van der Waals surface area contributed by atoms with E-state index >= 15 is 0 Å². The van der Waals surface area contributed by atoms with E-state index in [-0.39, 0.29) is 36.7 Å². The average Bonchev–Trinajstić information content (AvgIpc) is 2.97. The number of carbonyl (C=O) groups is 2. The Morgan fingerprint density at radius 3 is 2.91 bits per heavy atom. The van der Waals surface area contributed by atoms with Crippen LogP contribution >= 0.6 is 0 Å². The molecule has 1 atom stereocenters. The molecule has 9 heteroatoms. The first-order valence-electron chi connectivity index (χ1n) is 6.86. The largest absolute Gasteiger partial charge is 0.480 e. The number of H-pyrrole nitrogens is 1. The van der Waals surface area contributed by atoms with Gasteiger partial charge in [0.25, 0.3) is 11.6 Å². The zero-order valence-corrected chi connectivity index (χ0v) is 11.9. The molecular weight excluding hydrogens is 306 g/mol. The Balaban J connectivity index is 1.99. The fourth-order valence-corrected chi connectivity index (χ4v) is 2.61. The van der Waals surface area contributed by atoms with Gasteiger partial charge in [-0.05, 0) is 6.07 Å². The lowest BCUT2D eigenvalue weighted by atomic mass is 10.2. The number of fused-ring (bicyclic) bond motifs is 1. The van der Waals surface area contributed by atoms with Gasteiger partial charge in [-0.25, -0.2) is 4.79 Å². The van der Waals surface area contributed by atoms with E-state index in [2.05, 4.69) is 4.98 Å². The summed E-state index contributed by atoms with van der Waals surface area (Å²) >= 11 is 0. The van der Waals surface area contributed by atoms with Gasteiger partial charge in [0.2, 0.25) is 0 Å². The van der Waals surface area contributed by atoms with Crippen LogP contribution in [0.5, 0.6) is 0 Å². The maximum atomic E-state index is 12.6. The summed E-state index contributed by atoms with van der Waals surface area (Å²) in [6.45, 7) is 0.310. The molecular formula is C14H13N3O6. The molecule has 2 N–H and O–H groups in total. The Kier molecular flexibility index (Phi) is 3.70. The summed E-state index contributed by atoms with van der Waals surface area (Å²) in [6.07, 6.45) is 0. The van der Waals surface area contributed by atoms with Crippen LogP contribution in [0.3, 0.4) is 0 Å². The van der Waals surface area contributed by atoms with Crippen molar-refractivity contribution in [3.63, 3.8) is 0 Å². The van der Waals surface area contributed by atoms with Gasteiger partial charge < -0.3 is 19.7 Å². The molecule has 1 aromatic carbocycles. The standard InChI is InChI=1S/C14H13N3O6/c18-13(16-4-5-23-7-11(16)14(19)20)9-6-8-2-1-3-10(17(21)22)12(8)15-9/h1-3,6,11,15H,4-5,7H2,(H,19,20). The van der Waals surface area contributed by atoms with Crippen molar-refractivity contribution in [3.05, 3.63) is 40.1 Å². The second-order valence-corrected chi connectivity index (χ2v) is 5.11. The fraction of sp³-hybridized carbons (Fsp3) is 0.286. The van der Waals surface area contributed by atoms with Crippen LogP contribution in [0.25, 0.3) is 10.9 Å². The highest BCUT2D eigenvalue weighted by Gasteiger charge is 2.34. The number of nitrogens with zero attached hydrogens (tertiary/aromatic N) is 2. The predicted molar refractivity (Wildman–Crippen MR) is 78.2 cm³/mol. The molecule has 1 aliphatic rings. The Morgan fingerprint density at radius 1 is 1.43 bits per heavy atom. The molecule has 0 bridgehead atoms. The predicted octanol–water partition coefficient (Wildman–Crippen LogP) is 1.00. The number of non-ortho nitro benzene ring substituents is 1. The molecule has 0 aliphatic carbocycles. The number of nitro groups is 1. The summed E-state index contributed by atoms with van der Waals surface area (Å²) in [5, 5.41) is 20.7. The van der Waals surface area contributed by atoms with Gasteiger partial charge in [-0.3, -0.25) is 14.9 Å². The number of aliphatic carboxylic acids is 1. The van der Waals surface area contributed by atoms with E-state index < -0.39 is 22.8 Å². The van der Waals surface area contributed by atoms with E-state index in [9.17, 15) is 24.8 Å². The fourth-order valence-electron chi connectivity index (χ4n) is 2.61. The van der Waals surface area contributed by atoms with Crippen molar-refractivity contribution < 1.29 is 24.4 Å². The number of hydrogen-bond donors (Lipinski definition) is 2. The maximum absolute atomic E-state index is 12.6. The number of para-hydroxylation sites is 1. The molecule has 120 valence electrons. The molecule has 1 fully saturated rings. The van der Waals surface area contributed by atoms with Gasteiger partial charge in [0, 0.05) is 18.0 Å². The molecule has 1 aliphatic heterocycles. The average molecular weight is 319 g/mol. The smallest absolute Gasteiger partial charge is 0.328 e. The molecule has 1 amide bonds. The van der Waals surface area contributed by atoms with Gasteiger partial charge in [-0.15, -0.1) is 0 Å². The zero-order chi connectivity index (χ0) is 16.6. The van der Waals surface area contributed by atoms with Gasteiger partial charge in [-0.2, -0.15) is 0 Å². The number of aromatic nitrogens is 1. The summed E-state index contributed by atoms with van der Waals surface area (Å²) in [6, 6.07) is 4.92. The van der Waals surface area contributed by atoms with Crippen LogP contribution in [-0.2, 0) is 9.53 Å². The Labute approximate surface area is 129 Å². The van der Waals surface area contributed by atoms with Crippen LogP contribution in [0.2, 0.25) is 0 Å². The third kappa shape index (κ3) is 2.61. The van der Waals surface area contributed by atoms with Crippen molar-refractivity contribution in [2.45, 2.75) is 6.04 Å². The summed E-state index contributed by atoms with van der Waals surface area (Å²) in [5.74, 6) is -1.67. The number of hydrogen-bond acceptors (Lipinski definition) is 5. The molecule has 0 saturated carbocycles. The van der Waals surface area contributed by atoms with Crippen molar-refractivity contribution in [3.8, 4) is 0 Å². The number of morpholine rings is 1. The summed E-state index contributed by atoms with van der Waals surface area (Å²) in [4.78, 5) is 38.2. The second-order valence-electron chi connectivity index (χ2n) is 5.11. The number of carbonyl (C=O) groups excluding carboxylic acids is 1. The number of amides is 1. The molecule has 1 aromatic heterocycles. The molecule has 3 rings (SSSR count). The van der Waals surface area contributed by atoms with E-state index in [1.165, 1.54) is 23.1 Å². The van der Waals surface area contributed by atoms with Gasteiger partial charge in [0.05, 0.1) is 18.1 Å². The van der Waals surface area contributed by atoms with Crippen LogP contribution < -0.4 is 0 Å². The number of carboxylic acid groups (broad SMARTS) is 1. The highest BCUT2D eigenvalue weighted by Crippen LogP contribution is 2.26. The molecule has 9 nitrogen and oxygen atoms in total. The Bertz CT molecular complexity index is 799. The Morgan fingerprint density at radius 2 is 2.22 bits per heavy atom. The van der Waals surface area contributed by atoms with E-state index in [0.717, 1.165) is 0 Å². The van der Waals surface area contributed by atoms with Gasteiger partial charge in [0.1, 0.15) is 11.2 Å². The minimum Gasteiger partial charge on any atom is -0.480 e. The van der Waals surface area contributed by atoms with Crippen LogP contribution in [0.1, 0.15) is 10.5 Å². The molecule has 0 spiro atoms. The second kappa shape index (κ2) is 5.69. The lowest BCUT2D eigenvalue weighted by molar-refractivity contribution is -0.383. The van der Waals surface area contributed by atoms with Crippen molar-refractivity contribution in [2.75, 3.05) is 19.8 Å². The first-order valence-corrected chi connectivity index (χ1v) is 6.86. The number of aromatic amines is 1.